The van der Waals surface area contributed by atoms with Crippen LogP contribution in [0.1, 0.15) is 0 Å². The quantitative estimate of drug-likeness (QED) is 0.160. The summed E-state index contributed by atoms with van der Waals surface area (Å²) in [5, 5.41) is -7.00. The fourth-order valence-electron chi connectivity index (χ4n) is 1.71. The molecule has 0 aliphatic carbocycles. The average Bonchev–Trinajstić information content (AvgIpc) is 2.74. The van der Waals surface area contributed by atoms with Gasteiger partial charge in [-0.1, -0.05) is 0 Å². The van der Waals surface area contributed by atoms with E-state index in [2.05, 4.69) is 0 Å². The van der Waals surface area contributed by atoms with E-state index in [4.69, 9.17) is 4.55 Å². The Morgan fingerprint density at radius 1 is 0.435 bits per heavy atom. The van der Waals surface area contributed by atoms with Gasteiger partial charge in [-0.25, -0.2) is 13.9 Å². The lowest BCUT2D eigenvalue weighted by molar-refractivity contribution is -0.551. The normalized spacial score (nSPS) is 16.3. The van der Waals surface area contributed by atoms with Crippen LogP contribution < -0.4 is 0 Å². The van der Waals surface area contributed by atoms with E-state index in [0.717, 1.165) is 0 Å². The lowest BCUT2D eigenvalue weighted by Crippen LogP contribution is -2.69. The van der Waals surface area contributed by atoms with E-state index in [1.807, 2.05) is 0 Å². The highest BCUT2D eigenvalue weighted by atomic mass is 32.2. The van der Waals surface area contributed by atoms with Crippen LogP contribution in [-0.2, 0) is 19.6 Å². The zero-order valence-electron chi connectivity index (χ0n) is 19.4. The molecule has 0 fully saturated rings. The van der Waals surface area contributed by atoms with Gasteiger partial charge in [0, 0.05) is 0 Å². The van der Waals surface area contributed by atoms with Gasteiger partial charge in [0.2, 0.25) is 0 Å². The second kappa shape index (κ2) is 12.1. The summed E-state index contributed by atoms with van der Waals surface area (Å²) < 4.78 is 361. The molecule has 0 aromatic heterocycles. The van der Waals surface area contributed by atoms with Crippen LogP contribution in [0, 0.1) is 0 Å². The zero-order valence-corrected chi connectivity index (χ0v) is 20.2. The average molecular weight is 784 g/mol. The summed E-state index contributed by atoms with van der Waals surface area (Å²) >= 11 is 0. The fraction of sp³-hybridized carbons (Fsp3) is 1.00. The monoisotopic (exact) mass is 784 g/mol. The highest BCUT2D eigenvalue weighted by Crippen LogP contribution is 2.59. The molecule has 0 rings (SSSR count). The molecule has 0 aliphatic rings. The molecule has 0 aromatic rings. The Kier molecular flexibility index (Phi) is 12.1. The second-order valence-corrected chi connectivity index (χ2v) is 8.86. The number of hydrogen-bond donors (Lipinski definition) is 1. The SMILES string of the molecule is FCC(F)(F)C(F)(F)C(F)(F)C(F)(F)C(F)(F)OC(F)(F)C(F)(F)OC(F)(F)F.O=S(=O)(O)C(F)(F)C(F)(F)C(F)(F)C(F)(F)F. The fourth-order valence-corrected chi connectivity index (χ4v) is 2.16. The van der Waals surface area contributed by atoms with Crippen molar-refractivity contribution < 1.29 is 141 Å². The van der Waals surface area contributed by atoms with Crippen LogP contribution in [0.2, 0.25) is 0 Å². The molecule has 0 unspecified atom stereocenters. The topological polar surface area (TPSA) is 72.8 Å². The first kappa shape index (κ1) is 46.1. The number of halogens is 27. The molecule has 0 saturated heterocycles. The van der Waals surface area contributed by atoms with Crippen molar-refractivity contribution in [2.45, 2.75) is 71.7 Å². The predicted octanol–water partition coefficient (Wildman–Crippen LogP) is 8.13. The second-order valence-electron chi connectivity index (χ2n) is 7.40. The van der Waals surface area contributed by atoms with Crippen molar-refractivity contribution in [2.24, 2.45) is 0 Å². The third-order valence-electron chi connectivity index (χ3n) is 4.06. The number of hydrogen-bond acceptors (Lipinski definition) is 4. The first-order chi connectivity index (χ1) is 19.2. The maximum atomic E-state index is 13.0. The molecule has 0 aliphatic heterocycles. The summed E-state index contributed by atoms with van der Waals surface area (Å²) in [5.74, 6) is -45.8. The highest BCUT2D eigenvalue weighted by Gasteiger charge is 2.89. The summed E-state index contributed by atoms with van der Waals surface area (Å²) in [6, 6.07) is 0. The Morgan fingerprint density at radius 3 is 1.02 bits per heavy atom. The summed E-state index contributed by atoms with van der Waals surface area (Å²) in [4.78, 5) is 0. The van der Waals surface area contributed by atoms with E-state index in [1.165, 1.54) is 9.47 Å². The first-order valence-corrected chi connectivity index (χ1v) is 10.5. The standard InChI is InChI=1S/C9H2F18O2.C4HF9O3S/c10-1-2(11,12)3(13,14)4(15,16)5(17,18)6(19,20)28-7(21,22)8(23,24)29-9(25,26)27;5-1(6,3(9,10)11)2(7,8)4(12,13)17(14,15)16/h1H2;(H,14,15,16). The van der Waals surface area contributed by atoms with Crippen LogP contribution >= 0.6 is 0 Å². The van der Waals surface area contributed by atoms with Gasteiger partial charge in [0.15, 0.2) is 6.67 Å². The third kappa shape index (κ3) is 7.97. The maximum Gasteiger partial charge on any atom is 0.527 e. The van der Waals surface area contributed by atoms with Crippen LogP contribution in [0.15, 0.2) is 0 Å². The van der Waals surface area contributed by atoms with Crippen molar-refractivity contribution in [2.75, 3.05) is 6.67 Å². The van der Waals surface area contributed by atoms with E-state index in [1.54, 1.807) is 0 Å². The van der Waals surface area contributed by atoms with E-state index >= 15 is 0 Å². The molecule has 0 atom stereocenters. The number of alkyl halides is 27. The molecule has 0 spiro atoms. The molecular weight excluding hydrogens is 781 g/mol. The maximum absolute atomic E-state index is 13.0. The number of ether oxygens (including phenoxy) is 2. The van der Waals surface area contributed by atoms with Crippen molar-refractivity contribution >= 4 is 10.1 Å². The van der Waals surface area contributed by atoms with Gasteiger partial charge in [-0.05, 0) is 0 Å². The lowest BCUT2D eigenvalue weighted by Gasteiger charge is -2.39. The highest BCUT2D eigenvalue weighted by molar-refractivity contribution is 7.87. The molecule has 0 heterocycles. The van der Waals surface area contributed by atoms with Gasteiger partial charge in [0.1, 0.15) is 0 Å². The summed E-state index contributed by atoms with van der Waals surface area (Å²) in [5.41, 5.74) is 0. The predicted molar refractivity (Wildman–Crippen MR) is 81.3 cm³/mol. The van der Waals surface area contributed by atoms with Crippen molar-refractivity contribution in [3.8, 4) is 0 Å². The van der Waals surface area contributed by atoms with Gasteiger partial charge in [0.05, 0.1) is 0 Å². The molecule has 0 saturated carbocycles. The van der Waals surface area contributed by atoms with Gasteiger partial charge in [-0.15, -0.1) is 13.2 Å². The molecule has 0 bridgehead atoms. The molecule has 33 heteroatoms. The largest absolute Gasteiger partial charge is 0.527 e. The van der Waals surface area contributed by atoms with Crippen LogP contribution in [0.5, 0.6) is 0 Å². The Bertz CT molecular complexity index is 1150. The van der Waals surface area contributed by atoms with Gasteiger partial charge in [-0.3, -0.25) is 4.55 Å². The molecule has 1 N–H and O–H groups in total. The Labute approximate surface area is 230 Å². The van der Waals surface area contributed by atoms with E-state index in [-0.39, 0.29) is 0 Å². The van der Waals surface area contributed by atoms with Crippen molar-refractivity contribution in [1.82, 2.24) is 0 Å². The minimum atomic E-state index is -8.25. The summed E-state index contributed by atoms with van der Waals surface area (Å²) in [6.07, 6.45) is -36.8. The molecule has 0 aromatic carbocycles. The Balaban J connectivity index is 0. The summed E-state index contributed by atoms with van der Waals surface area (Å²) in [6.45, 7) is -3.88. The van der Waals surface area contributed by atoms with Crippen molar-refractivity contribution in [3.63, 3.8) is 0 Å². The third-order valence-corrected chi connectivity index (χ3v) is 4.96. The van der Waals surface area contributed by atoms with Crippen LogP contribution in [0.25, 0.3) is 0 Å². The Morgan fingerprint density at radius 2 is 0.761 bits per heavy atom. The zero-order chi connectivity index (χ0) is 38.6. The van der Waals surface area contributed by atoms with Crippen molar-refractivity contribution in [3.05, 3.63) is 0 Å². The van der Waals surface area contributed by atoms with E-state index in [0.29, 0.717) is 0 Å². The molecular formula is C13H3F27O5S. The van der Waals surface area contributed by atoms with Crippen LogP contribution in [-0.4, -0.2) is 91.3 Å². The van der Waals surface area contributed by atoms with Crippen LogP contribution in [0.4, 0.5) is 119 Å². The molecule has 0 radical (unpaired) electrons. The van der Waals surface area contributed by atoms with E-state index < -0.39 is 88.4 Å². The summed E-state index contributed by atoms with van der Waals surface area (Å²) in [7, 11) is -7.17. The molecule has 5 nitrogen and oxygen atoms in total. The first-order valence-electron chi connectivity index (χ1n) is 9.07. The number of rotatable bonds is 12. The smallest absolute Gasteiger partial charge is 0.281 e. The molecule has 0 amide bonds. The van der Waals surface area contributed by atoms with Gasteiger partial charge in [-0.2, -0.15) is 109 Å². The van der Waals surface area contributed by atoms with Gasteiger partial charge < -0.3 is 0 Å². The minimum Gasteiger partial charge on any atom is -0.281 e. The Hall–Kier alpha value is -2.06. The van der Waals surface area contributed by atoms with Gasteiger partial charge in [0.25, 0.3) is 0 Å². The molecule has 46 heavy (non-hydrogen) atoms. The minimum absolute atomic E-state index is 1.18. The molecule has 280 valence electrons. The van der Waals surface area contributed by atoms with Gasteiger partial charge >= 0.3 is 81.8 Å². The van der Waals surface area contributed by atoms with Crippen LogP contribution in [0.3, 0.4) is 0 Å². The van der Waals surface area contributed by atoms with Crippen molar-refractivity contribution in [1.29, 1.82) is 0 Å². The lowest BCUT2D eigenvalue weighted by atomic mass is 9.98. The van der Waals surface area contributed by atoms with E-state index in [9.17, 15) is 127 Å².